The van der Waals surface area contributed by atoms with Crippen LogP contribution >= 0.6 is 11.6 Å². The van der Waals surface area contributed by atoms with Crippen LogP contribution in [0.15, 0.2) is 36.4 Å². The molecule has 7 nitrogen and oxygen atoms in total. The summed E-state index contributed by atoms with van der Waals surface area (Å²) < 4.78 is 15.7. The van der Waals surface area contributed by atoms with E-state index in [4.69, 9.17) is 25.8 Å². The minimum absolute atomic E-state index is 0.0276. The number of halogens is 1. The maximum Gasteiger partial charge on any atom is 0.288 e. The number of allylic oxidation sites excluding steroid dienone is 1. The van der Waals surface area contributed by atoms with Crippen LogP contribution in [0.25, 0.3) is 6.08 Å². The summed E-state index contributed by atoms with van der Waals surface area (Å²) in [5, 5.41) is 10.9. The lowest BCUT2D eigenvalue weighted by atomic mass is 10.1. The minimum atomic E-state index is -0.637. The Labute approximate surface area is 154 Å². The van der Waals surface area contributed by atoms with Crippen molar-refractivity contribution >= 4 is 29.1 Å². The van der Waals surface area contributed by atoms with Gasteiger partial charge in [-0.2, -0.15) is 0 Å². The van der Waals surface area contributed by atoms with Crippen LogP contribution in [0.5, 0.6) is 17.2 Å². The van der Waals surface area contributed by atoms with E-state index >= 15 is 0 Å². The number of ether oxygens (including phenoxy) is 3. The zero-order valence-electron chi connectivity index (χ0n) is 14.3. The van der Waals surface area contributed by atoms with Gasteiger partial charge in [-0.15, -0.1) is 0 Å². The highest BCUT2D eigenvalue weighted by Crippen LogP contribution is 2.38. The fraction of sp³-hybridized carbons (Fsp3) is 0.167. The molecule has 8 heteroatoms. The molecule has 0 aliphatic heterocycles. The lowest BCUT2D eigenvalue weighted by Crippen LogP contribution is -1.98. The van der Waals surface area contributed by atoms with Crippen molar-refractivity contribution in [1.29, 1.82) is 0 Å². The highest BCUT2D eigenvalue weighted by molar-refractivity contribution is 6.32. The largest absolute Gasteiger partial charge is 0.493 e. The van der Waals surface area contributed by atoms with Gasteiger partial charge >= 0.3 is 0 Å². The third-order valence-electron chi connectivity index (χ3n) is 3.54. The van der Waals surface area contributed by atoms with E-state index in [1.54, 1.807) is 18.2 Å². The zero-order valence-corrected chi connectivity index (χ0v) is 15.1. The number of methoxy groups -OCH3 is 3. The predicted octanol–water partition coefficient (Wildman–Crippen LogP) is 4.17. The number of benzene rings is 2. The topological polar surface area (TPSA) is 87.9 Å². The number of rotatable bonds is 7. The molecular weight excluding hydrogens is 362 g/mol. The van der Waals surface area contributed by atoms with Crippen molar-refractivity contribution in [3.8, 4) is 17.2 Å². The van der Waals surface area contributed by atoms with Crippen molar-refractivity contribution in [3.63, 3.8) is 0 Å². The Morgan fingerprint density at radius 2 is 1.69 bits per heavy atom. The molecule has 0 radical (unpaired) electrons. The number of nitro groups is 1. The summed E-state index contributed by atoms with van der Waals surface area (Å²) in [7, 11) is 4.47. The van der Waals surface area contributed by atoms with E-state index in [0.29, 0.717) is 22.8 Å². The van der Waals surface area contributed by atoms with E-state index in [1.807, 2.05) is 0 Å². The maximum absolute atomic E-state index is 12.3. The SMILES string of the molecule is COc1cc(/C=C/C(=O)c2ccc(Cl)c([N+](=O)[O-])c2)cc(OC)c1OC. The van der Waals surface area contributed by atoms with Crippen LogP contribution < -0.4 is 14.2 Å². The van der Waals surface area contributed by atoms with E-state index in [0.717, 1.165) is 6.07 Å². The quantitative estimate of drug-likeness (QED) is 0.311. The summed E-state index contributed by atoms with van der Waals surface area (Å²) in [6.07, 6.45) is 2.85. The molecule has 0 aliphatic rings. The average molecular weight is 378 g/mol. The molecule has 0 heterocycles. The molecule has 0 N–H and O–H groups in total. The van der Waals surface area contributed by atoms with Crippen molar-refractivity contribution in [2.45, 2.75) is 0 Å². The Morgan fingerprint density at radius 3 is 2.19 bits per heavy atom. The van der Waals surface area contributed by atoms with E-state index in [2.05, 4.69) is 0 Å². The Kier molecular flexibility index (Phi) is 6.19. The van der Waals surface area contributed by atoms with E-state index in [-0.39, 0.29) is 16.3 Å². The lowest BCUT2D eigenvalue weighted by molar-refractivity contribution is -0.384. The van der Waals surface area contributed by atoms with Crippen LogP contribution in [0.4, 0.5) is 5.69 Å². The standard InChI is InChI=1S/C18H16ClNO6/c1-24-16-8-11(9-17(25-2)18(16)26-3)4-7-15(21)12-5-6-13(19)14(10-12)20(22)23/h4-10H,1-3H3/b7-4+. The first kappa shape index (κ1) is 19.3. The van der Waals surface area contributed by atoms with Gasteiger partial charge in [0.15, 0.2) is 17.3 Å². The number of nitrogens with zero attached hydrogens (tertiary/aromatic N) is 1. The molecule has 0 fully saturated rings. The third-order valence-corrected chi connectivity index (χ3v) is 3.86. The molecule has 0 atom stereocenters. The molecule has 2 aromatic rings. The minimum Gasteiger partial charge on any atom is -0.493 e. The van der Waals surface area contributed by atoms with Gasteiger partial charge in [0.05, 0.1) is 26.3 Å². The second-order valence-electron chi connectivity index (χ2n) is 5.08. The summed E-state index contributed by atoms with van der Waals surface area (Å²) in [6.45, 7) is 0. The van der Waals surface area contributed by atoms with Gasteiger partial charge in [0, 0.05) is 11.6 Å². The van der Waals surface area contributed by atoms with Crippen LogP contribution in [-0.2, 0) is 0 Å². The summed E-state index contributed by atoms with van der Waals surface area (Å²) >= 11 is 5.75. The monoisotopic (exact) mass is 377 g/mol. The highest BCUT2D eigenvalue weighted by atomic mass is 35.5. The molecule has 136 valence electrons. The lowest BCUT2D eigenvalue weighted by Gasteiger charge is -2.12. The summed E-state index contributed by atoms with van der Waals surface area (Å²) in [6, 6.07) is 7.24. The average Bonchev–Trinajstić information content (AvgIpc) is 2.65. The normalized spacial score (nSPS) is 10.6. The van der Waals surface area contributed by atoms with Crippen molar-refractivity contribution in [2.24, 2.45) is 0 Å². The molecule has 0 aliphatic carbocycles. The first-order valence-electron chi connectivity index (χ1n) is 7.37. The molecular formula is C18H16ClNO6. The van der Waals surface area contributed by atoms with E-state index in [9.17, 15) is 14.9 Å². The van der Waals surface area contributed by atoms with E-state index in [1.165, 1.54) is 39.5 Å². The maximum atomic E-state index is 12.3. The van der Waals surface area contributed by atoms with Crippen LogP contribution in [0.3, 0.4) is 0 Å². The number of carbonyl (C=O) groups excluding carboxylic acids is 1. The van der Waals surface area contributed by atoms with Crippen LogP contribution in [0.1, 0.15) is 15.9 Å². The Morgan fingerprint density at radius 1 is 1.08 bits per heavy atom. The Hall–Kier alpha value is -3.06. The van der Waals surface area contributed by atoms with Crippen molar-refractivity contribution in [3.05, 3.63) is 62.7 Å². The molecule has 0 spiro atoms. The van der Waals surface area contributed by atoms with Crippen LogP contribution in [0, 0.1) is 10.1 Å². The van der Waals surface area contributed by atoms with Crippen LogP contribution in [-0.4, -0.2) is 32.0 Å². The molecule has 0 amide bonds. The fourth-order valence-electron chi connectivity index (χ4n) is 2.27. The zero-order chi connectivity index (χ0) is 19.3. The van der Waals surface area contributed by atoms with Crippen molar-refractivity contribution in [1.82, 2.24) is 0 Å². The highest BCUT2D eigenvalue weighted by Gasteiger charge is 2.16. The number of hydrogen-bond donors (Lipinski definition) is 0. The first-order chi connectivity index (χ1) is 12.4. The van der Waals surface area contributed by atoms with Gasteiger partial charge in [0.2, 0.25) is 5.75 Å². The van der Waals surface area contributed by atoms with Gasteiger partial charge in [-0.05, 0) is 35.9 Å². The molecule has 0 unspecified atom stereocenters. The summed E-state index contributed by atoms with van der Waals surface area (Å²) in [5.74, 6) is 0.924. The number of ketones is 1. The summed E-state index contributed by atoms with van der Waals surface area (Å²) in [4.78, 5) is 22.6. The number of nitro benzene ring substituents is 1. The molecule has 2 aromatic carbocycles. The van der Waals surface area contributed by atoms with Gasteiger partial charge in [-0.25, -0.2) is 0 Å². The Bertz CT molecular complexity index is 853. The molecule has 0 bridgehead atoms. The molecule has 0 aromatic heterocycles. The number of carbonyl (C=O) groups is 1. The van der Waals surface area contributed by atoms with Gasteiger partial charge in [-0.3, -0.25) is 14.9 Å². The van der Waals surface area contributed by atoms with Gasteiger partial charge < -0.3 is 14.2 Å². The van der Waals surface area contributed by atoms with E-state index < -0.39 is 10.7 Å². The van der Waals surface area contributed by atoms with Crippen LogP contribution in [0.2, 0.25) is 5.02 Å². The molecule has 0 saturated carbocycles. The molecule has 26 heavy (non-hydrogen) atoms. The van der Waals surface area contributed by atoms with Gasteiger partial charge in [-0.1, -0.05) is 17.7 Å². The third kappa shape index (κ3) is 4.12. The Balaban J connectivity index is 2.33. The second-order valence-corrected chi connectivity index (χ2v) is 5.49. The van der Waals surface area contributed by atoms with Gasteiger partial charge in [0.1, 0.15) is 5.02 Å². The summed E-state index contributed by atoms with van der Waals surface area (Å²) in [5.41, 5.74) is 0.472. The second kappa shape index (κ2) is 8.35. The fourth-order valence-corrected chi connectivity index (χ4v) is 2.46. The smallest absolute Gasteiger partial charge is 0.288 e. The molecule has 0 saturated heterocycles. The van der Waals surface area contributed by atoms with Crippen molar-refractivity contribution in [2.75, 3.05) is 21.3 Å². The number of hydrogen-bond acceptors (Lipinski definition) is 6. The van der Waals surface area contributed by atoms with Gasteiger partial charge in [0.25, 0.3) is 5.69 Å². The van der Waals surface area contributed by atoms with Crippen molar-refractivity contribution < 1.29 is 23.9 Å². The predicted molar refractivity (Wildman–Crippen MR) is 97.6 cm³/mol. The first-order valence-corrected chi connectivity index (χ1v) is 7.75. The molecule has 2 rings (SSSR count).